The summed E-state index contributed by atoms with van der Waals surface area (Å²) in [6.07, 6.45) is 5.85. The van der Waals surface area contributed by atoms with E-state index in [0.29, 0.717) is 11.8 Å². The van der Waals surface area contributed by atoms with E-state index in [2.05, 4.69) is 12.2 Å². The van der Waals surface area contributed by atoms with Crippen LogP contribution in [0.1, 0.15) is 39.0 Å². The van der Waals surface area contributed by atoms with Gasteiger partial charge in [0.05, 0.1) is 0 Å². The first-order valence-corrected chi connectivity index (χ1v) is 4.52. The number of hydrogen-bond donors (Lipinski definition) is 1. The zero-order valence-corrected chi connectivity index (χ0v) is 7.02. The number of amides is 1. The molecule has 0 aliphatic heterocycles. The van der Waals surface area contributed by atoms with Gasteiger partial charge < -0.3 is 5.32 Å². The molecule has 0 aromatic carbocycles. The monoisotopic (exact) mass is 153 g/mol. The van der Waals surface area contributed by atoms with Gasteiger partial charge in [0.2, 0.25) is 5.91 Å². The summed E-state index contributed by atoms with van der Waals surface area (Å²) in [6, 6.07) is 0. The second-order valence-corrected chi connectivity index (χ2v) is 4.18. The summed E-state index contributed by atoms with van der Waals surface area (Å²) < 4.78 is 0. The molecule has 1 amide bonds. The van der Waals surface area contributed by atoms with Gasteiger partial charge in [-0.2, -0.15) is 0 Å². The van der Waals surface area contributed by atoms with Gasteiger partial charge in [-0.15, -0.1) is 0 Å². The van der Waals surface area contributed by atoms with Crippen molar-refractivity contribution < 1.29 is 4.79 Å². The minimum absolute atomic E-state index is 0.166. The Morgan fingerprint density at radius 3 is 2.45 bits per heavy atom. The van der Waals surface area contributed by atoms with Crippen molar-refractivity contribution in [2.45, 2.75) is 44.6 Å². The first-order chi connectivity index (χ1) is 5.20. The summed E-state index contributed by atoms with van der Waals surface area (Å²) in [5.74, 6) is 0.666. The summed E-state index contributed by atoms with van der Waals surface area (Å²) in [6.45, 7) is 2.15. The summed E-state index contributed by atoms with van der Waals surface area (Å²) in [5.41, 5.74) is 0.166. The van der Waals surface area contributed by atoms with Crippen LogP contribution < -0.4 is 5.32 Å². The van der Waals surface area contributed by atoms with Crippen LogP contribution in [0.25, 0.3) is 0 Å². The van der Waals surface area contributed by atoms with Crippen molar-refractivity contribution in [1.29, 1.82) is 0 Å². The first kappa shape index (κ1) is 7.14. The molecule has 2 rings (SSSR count). The fourth-order valence-electron chi connectivity index (χ4n) is 1.58. The van der Waals surface area contributed by atoms with Gasteiger partial charge in [-0.3, -0.25) is 4.79 Å². The molecule has 0 aromatic rings. The fraction of sp³-hybridized carbons (Fsp3) is 0.889. The lowest BCUT2D eigenvalue weighted by atomic mass is 9.78. The molecule has 0 aromatic heterocycles. The number of carbonyl (C=O) groups is 1. The highest BCUT2D eigenvalue weighted by molar-refractivity contribution is 5.81. The number of carbonyl (C=O) groups excluding carboxylic acids is 1. The molecular formula is C9H15NO. The highest BCUT2D eigenvalue weighted by Crippen LogP contribution is 2.34. The molecule has 2 saturated carbocycles. The summed E-state index contributed by atoms with van der Waals surface area (Å²) in [7, 11) is 0. The van der Waals surface area contributed by atoms with Crippen LogP contribution >= 0.6 is 0 Å². The average Bonchev–Trinajstić information content (AvgIpc) is 2.64. The molecule has 0 saturated heterocycles. The molecule has 0 bridgehead atoms. The molecule has 0 spiro atoms. The third kappa shape index (κ3) is 1.39. The van der Waals surface area contributed by atoms with Crippen LogP contribution in [0.4, 0.5) is 0 Å². The third-order valence-corrected chi connectivity index (χ3v) is 2.83. The Kier molecular flexibility index (Phi) is 1.44. The normalized spacial score (nSPS) is 27.4. The second-order valence-electron chi connectivity index (χ2n) is 4.18. The Morgan fingerprint density at radius 1 is 1.45 bits per heavy atom. The molecular weight excluding hydrogens is 138 g/mol. The van der Waals surface area contributed by atoms with Crippen molar-refractivity contribution in [3.05, 3.63) is 0 Å². The van der Waals surface area contributed by atoms with Crippen molar-refractivity contribution in [3.8, 4) is 0 Å². The van der Waals surface area contributed by atoms with Gasteiger partial charge in [0, 0.05) is 11.5 Å². The van der Waals surface area contributed by atoms with E-state index in [1.165, 1.54) is 19.3 Å². The summed E-state index contributed by atoms with van der Waals surface area (Å²) in [5, 5.41) is 3.12. The van der Waals surface area contributed by atoms with Gasteiger partial charge in [0.25, 0.3) is 0 Å². The molecule has 11 heavy (non-hydrogen) atoms. The lowest BCUT2D eigenvalue weighted by molar-refractivity contribution is -0.125. The standard InChI is InChI=1S/C9H15NO/c1-9(5-2-6-9)10-8(11)7-3-4-7/h7H,2-6H2,1H3,(H,10,11). The topological polar surface area (TPSA) is 29.1 Å². The zero-order chi connectivity index (χ0) is 7.90. The van der Waals surface area contributed by atoms with E-state index in [9.17, 15) is 4.79 Å². The minimum Gasteiger partial charge on any atom is -0.351 e. The van der Waals surface area contributed by atoms with E-state index in [-0.39, 0.29) is 5.54 Å². The molecule has 62 valence electrons. The second kappa shape index (κ2) is 2.23. The van der Waals surface area contributed by atoms with Crippen molar-refractivity contribution in [1.82, 2.24) is 5.32 Å². The van der Waals surface area contributed by atoms with Gasteiger partial charge in [-0.05, 0) is 39.0 Å². The molecule has 2 heteroatoms. The molecule has 0 heterocycles. The third-order valence-electron chi connectivity index (χ3n) is 2.83. The number of hydrogen-bond acceptors (Lipinski definition) is 1. The van der Waals surface area contributed by atoms with Crippen LogP contribution in [-0.4, -0.2) is 11.4 Å². The predicted octanol–water partition coefficient (Wildman–Crippen LogP) is 1.46. The molecule has 2 aliphatic carbocycles. The molecule has 2 fully saturated rings. The Balaban J connectivity index is 1.83. The van der Waals surface area contributed by atoms with E-state index in [4.69, 9.17) is 0 Å². The SMILES string of the molecule is CC1(NC(=O)C2CC2)CCC1. The van der Waals surface area contributed by atoms with Gasteiger partial charge in [-0.25, -0.2) is 0 Å². The zero-order valence-electron chi connectivity index (χ0n) is 7.02. The maximum Gasteiger partial charge on any atom is 0.223 e. The summed E-state index contributed by atoms with van der Waals surface area (Å²) >= 11 is 0. The smallest absolute Gasteiger partial charge is 0.223 e. The lowest BCUT2D eigenvalue weighted by Gasteiger charge is -2.39. The van der Waals surface area contributed by atoms with Crippen LogP contribution in [0, 0.1) is 5.92 Å². The molecule has 0 unspecified atom stereocenters. The van der Waals surface area contributed by atoms with Gasteiger partial charge >= 0.3 is 0 Å². The van der Waals surface area contributed by atoms with Crippen molar-refractivity contribution in [2.24, 2.45) is 5.92 Å². The van der Waals surface area contributed by atoms with Gasteiger partial charge in [0.15, 0.2) is 0 Å². The highest BCUT2D eigenvalue weighted by Gasteiger charge is 2.37. The first-order valence-electron chi connectivity index (χ1n) is 4.52. The fourth-order valence-corrected chi connectivity index (χ4v) is 1.58. The highest BCUT2D eigenvalue weighted by atomic mass is 16.2. The largest absolute Gasteiger partial charge is 0.351 e. The lowest BCUT2D eigenvalue weighted by Crippen LogP contribution is -2.51. The predicted molar refractivity (Wildman–Crippen MR) is 43.1 cm³/mol. The van der Waals surface area contributed by atoms with Crippen molar-refractivity contribution in [2.75, 3.05) is 0 Å². The van der Waals surface area contributed by atoms with Crippen LogP contribution in [0.5, 0.6) is 0 Å². The van der Waals surface area contributed by atoms with Crippen LogP contribution in [0.2, 0.25) is 0 Å². The van der Waals surface area contributed by atoms with E-state index >= 15 is 0 Å². The van der Waals surface area contributed by atoms with Crippen LogP contribution in [0.3, 0.4) is 0 Å². The minimum atomic E-state index is 0.166. The molecule has 0 atom stereocenters. The van der Waals surface area contributed by atoms with E-state index in [1.807, 2.05) is 0 Å². The number of rotatable bonds is 2. The van der Waals surface area contributed by atoms with E-state index in [0.717, 1.165) is 12.8 Å². The molecule has 2 nitrogen and oxygen atoms in total. The van der Waals surface area contributed by atoms with Crippen molar-refractivity contribution >= 4 is 5.91 Å². The van der Waals surface area contributed by atoms with Crippen LogP contribution in [0.15, 0.2) is 0 Å². The van der Waals surface area contributed by atoms with Gasteiger partial charge in [-0.1, -0.05) is 0 Å². The Labute approximate surface area is 67.4 Å². The maximum atomic E-state index is 11.3. The maximum absolute atomic E-state index is 11.3. The molecule has 1 N–H and O–H groups in total. The Hall–Kier alpha value is -0.530. The number of nitrogens with one attached hydrogen (secondary N) is 1. The van der Waals surface area contributed by atoms with E-state index < -0.39 is 0 Å². The molecule has 0 radical (unpaired) electrons. The van der Waals surface area contributed by atoms with E-state index in [1.54, 1.807) is 0 Å². The quantitative estimate of drug-likeness (QED) is 0.639. The Bertz CT molecular complexity index is 180. The molecule has 2 aliphatic rings. The Morgan fingerprint density at radius 2 is 2.09 bits per heavy atom. The average molecular weight is 153 g/mol. The van der Waals surface area contributed by atoms with Crippen LogP contribution in [-0.2, 0) is 4.79 Å². The summed E-state index contributed by atoms with van der Waals surface area (Å²) in [4.78, 5) is 11.3. The van der Waals surface area contributed by atoms with Gasteiger partial charge in [0.1, 0.15) is 0 Å². The van der Waals surface area contributed by atoms with Crippen molar-refractivity contribution in [3.63, 3.8) is 0 Å².